The highest BCUT2D eigenvalue weighted by Crippen LogP contribution is 2.18. The molecule has 2 rings (SSSR count). The van der Waals surface area contributed by atoms with Crippen LogP contribution in [0.5, 0.6) is 0 Å². The van der Waals surface area contributed by atoms with E-state index in [1.165, 1.54) is 16.7 Å². The quantitative estimate of drug-likeness (QED) is 0.886. The van der Waals surface area contributed by atoms with Crippen molar-refractivity contribution in [3.63, 3.8) is 0 Å². The van der Waals surface area contributed by atoms with Gasteiger partial charge in [0.25, 0.3) is 0 Å². The lowest BCUT2D eigenvalue weighted by Gasteiger charge is -2.30. The molecular formula is C16H23NO2. The van der Waals surface area contributed by atoms with Crippen LogP contribution in [0.15, 0.2) is 12.1 Å². The summed E-state index contributed by atoms with van der Waals surface area (Å²) in [4.78, 5) is 14.1. The molecule has 1 aromatic carbocycles. The Morgan fingerprint density at radius 1 is 1.26 bits per heavy atom. The number of hydrogen-bond acceptors (Lipinski definition) is 2. The van der Waals surface area contributed by atoms with Gasteiger partial charge in [-0.25, -0.2) is 0 Å². The van der Waals surface area contributed by atoms with E-state index in [0.717, 1.165) is 24.9 Å². The Morgan fingerprint density at radius 3 is 2.63 bits per heavy atom. The van der Waals surface area contributed by atoms with Gasteiger partial charge in [-0.3, -0.25) is 4.79 Å². The van der Waals surface area contributed by atoms with Gasteiger partial charge in [0.1, 0.15) is 0 Å². The maximum atomic E-state index is 12.3. The van der Waals surface area contributed by atoms with Gasteiger partial charge in [-0.05, 0) is 55.9 Å². The molecule has 1 heterocycles. The Bertz CT molecular complexity index is 482. The van der Waals surface area contributed by atoms with Gasteiger partial charge >= 0.3 is 0 Å². The molecule has 1 N–H and O–H groups in total. The number of hydrogen-bond donors (Lipinski definition) is 1. The van der Waals surface area contributed by atoms with Crippen molar-refractivity contribution in [2.24, 2.45) is 0 Å². The summed E-state index contributed by atoms with van der Waals surface area (Å²) in [6.07, 6.45) is 1.81. The van der Waals surface area contributed by atoms with Crippen LogP contribution in [0.2, 0.25) is 0 Å². The van der Waals surface area contributed by atoms with Crippen molar-refractivity contribution in [1.29, 1.82) is 0 Å². The van der Waals surface area contributed by atoms with E-state index in [2.05, 4.69) is 32.9 Å². The van der Waals surface area contributed by atoms with Gasteiger partial charge in [0.15, 0.2) is 0 Å². The smallest absolute Gasteiger partial charge is 0.227 e. The number of carbonyl (C=O) groups excluding carboxylic acids is 1. The highest BCUT2D eigenvalue weighted by Gasteiger charge is 2.22. The Labute approximate surface area is 115 Å². The highest BCUT2D eigenvalue weighted by atomic mass is 16.3. The standard InChI is InChI=1S/C16H23NO2/c1-11-7-13(3)14(8-12(11)2)9-16(19)17-6-4-5-15(18)10-17/h7-8,15,18H,4-6,9-10H2,1-3H3. The monoisotopic (exact) mass is 261 g/mol. The molecule has 1 aliphatic rings. The normalized spacial score (nSPS) is 19.6. The second-order valence-corrected chi connectivity index (χ2v) is 5.68. The van der Waals surface area contributed by atoms with Crippen molar-refractivity contribution < 1.29 is 9.90 Å². The maximum absolute atomic E-state index is 12.3. The molecular weight excluding hydrogens is 238 g/mol. The van der Waals surface area contributed by atoms with Crippen molar-refractivity contribution in [2.75, 3.05) is 13.1 Å². The molecule has 0 aromatic heterocycles. The van der Waals surface area contributed by atoms with Crippen LogP contribution < -0.4 is 0 Å². The van der Waals surface area contributed by atoms with Gasteiger partial charge in [-0.2, -0.15) is 0 Å². The number of rotatable bonds is 2. The van der Waals surface area contributed by atoms with E-state index in [-0.39, 0.29) is 12.0 Å². The molecule has 3 heteroatoms. The lowest BCUT2D eigenvalue weighted by Crippen LogP contribution is -2.42. The van der Waals surface area contributed by atoms with Crippen LogP contribution in [0.3, 0.4) is 0 Å². The SMILES string of the molecule is Cc1cc(C)c(CC(=O)N2CCCC(O)C2)cc1C. The zero-order chi connectivity index (χ0) is 14.0. The molecule has 19 heavy (non-hydrogen) atoms. The number of nitrogens with zero attached hydrogens (tertiary/aromatic N) is 1. The van der Waals surface area contributed by atoms with Gasteiger partial charge in [0.05, 0.1) is 12.5 Å². The number of aliphatic hydroxyl groups excluding tert-OH is 1. The minimum atomic E-state index is -0.349. The molecule has 0 spiro atoms. The molecule has 1 atom stereocenters. The number of β-amino-alcohol motifs (C(OH)–C–C–N with tert-alkyl or cyclic N) is 1. The molecule has 0 saturated carbocycles. The summed E-state index contributed by atoms with van der Waals surface area (Å²) < 4.78 is 0. The lowest BCUT2D eigenvalue weighted by atomic mass is 9.98. The van der Waals surface area contributed by atoms with Gasteiger partial charge in [-0.15, -0.1) is 0 Å². The highest BCUT2D eigenvalue weighted by molar-refractivity contribution is 5.79. The Kier molecular flexibility index (Phi) is 4.25. The van der Waals surface area contributed by atoms with Crippen molar-refractivity contribution in [1.82, 2.24) is 4.90 Å². The summed E-state index contributed by atoms with van der Waals surface area (Å²) in [5.41, 5.74) is 4.77. The number of amides is 1. The number of benzene rings is 1. The Hall–Kier alpha value is -1.35. The molecule has 3 nitrogen and oxygen atoms in total. The van der Waals surface area contributed by atoms with Gasteiger partial charge in [0, 0.05) is 13.1 Å². The van der Waals surface area contributed by atoms with Gasteiger partial charge in [-0.1, -0.05) is 12.1 Å². The summed E-state index contributed by atoms with van der Waals surface area (Å²) in [6, 6.07) is 4.26. The average Bonchev–Trinajstić information content (AvgIpc) is 2.36. The van der Waals surface area contributed by atoms with E-state index in [1.807, 2.05) is 0 Å². The third-order valence-corrected chi connectivity index (χ3v) is 4.04. The maximum Gasteiger partial charge on any atom is 0.227 e. The first-order chi connectivity index (χ1) is 8.97. The van der Waals surface area contributed by atoms with Crippen LogP contribution >= 0.6 is 0 Å². The zero-order valence-corrected chi connectivity index (χ0v) is 12.1. The Morgan fingerprint density at radius 2 is 1.95 bits per heavy atom. The van der Waals surface area contributed by atoms with E-state index in [9.17, 15) is 9.90 Å². The topological polar surface area (TPSA) is 40.5 Å². The lowest BCUT2D eigenvalue weighted by molar-refractivity contribution is -0.133. The molecule has 0 bridgehead atoms. The minimum Gasteiger partial charge on any atom is -0.391 e. The average molecular weight is 261 g/mol. The molecule has 1 aliphatic heterocycles. The van der Waals surface area contributed by atoms with E-state index >= 15 is 0 Å². The summed E-state index contributed by atoms with van der Waals surface area (Å²) in [5.74, 6) is 0.130. The second-order valence-electron chi connectivity index (χ2n) is 5.68. The molecule has 1 fully saturated rings. The Balaban J connectivity index is 2.08. The summed E-state index contributed by atoms with van der Waals surface area (Å²) in [5, 5.41) is 9.64. The van der Waals surface area contributed by atoms with Crippen LogP contribution in [0, 0.1) is 20.8 Å². The molecule has 1 saturated heterocycles. The van der Waals surface area contributed by atoms with Crippen LogP contribution in [0.25, 0.3) is 0 Å². The van der Waals surface area contributed by atoms with Crippen molar-refractivity contribution in [3.8, 4) is 0 Å². The van der Waals surface area contributed by atoms with E-state index in [0.29, 0.717) is 13.0 Å². The molecule has 1 aromatic rings. The molecule has 1 unspecified atom stereocenters. The van der Waals surface area contributed by atoms with Crippen molar-refractivity contribution >= 4 is 5.91 Å². The second kappa shape index (κ2) is 5.74. The number of likely N-dealkylation sites (tertiary alicyclic amines) is 1. The van der Waals surface area contributed by atoms with E-state index in [1.54, 1.807) is 4.90 Å². The molecule has 0 radical (unpaired) electrons. The summed E-state index contributed by atoms with van der Waals surface area (Å²) >= 11 is 0. The first-order valence-electron chi connectivity index (χ1n) is 7.00. The molecule has 1 amide bonds. The fourth-order valence-electron chi connectivity index (χ4n) is 2.67. The van der Waals surface area contributed by atoms with Crippen LogP contribution in [-0.4, -0.2) is 35.1 Å². The molecule has 104 valence electrons. The largest absolute Gasteiger partial charge is 0.391 e. The van der Waals surface area contributed by atoms with Crippen LogP contribution in [0.4, 0.5) is 0 Å². The zero-order valence-electron chi connectivity index (χ0n) is 12.1. The predicted molar refractivity (Wildman–Crippen MR) is 76.2 cm³/mol. The summed E-state index contributed by atoms with van der Waals surface area (Å²) in [7, 11) is 0. The van der Waals surface area contributed by atoms with Crippen molar-refractivity contribution in [2.45, 2.75) is 46.1 Å². The fraction of sp³-hybridized carbons (Fsp3) is 0.562. The number of piperidine rings is 1. The van der Waals surface area contributed by atoms with Crippen LogP contribution in [-0.2, 0) is 11.2 Å². The number of carbonyl (C=O) groups is 1. The third-order valence-electron chi connectivity index (χ3n) is 4.04. The number of aliphatic hydroxyl groups is 1. The third kappa shape index (κ3) is 3.35. The first kappa shape index (κ1) is 14.1. The fourth-order valence-corrected chi connectivity index (χ4v) is 2.67. The predicted octanol–water partition coefficient (Wildman–Crippen LogP) is 2.14. The minimum absolute atomic E-state index is 0.130. The van der Waals surface area contributed by atoms with Gasteiger partial charge in [0.2, 0.25) is 5.91 Å². The summed E-state index contributed by atoms with van der Waals surface area (Å²) in [6.45, 7) is 7.49. The molecule has 0 aliphatic carbocycles. The number of aryl methyl sites for hydroxylation is 3. The van der Waals surface area contributed by atoms with E-state index in [4.69, 9.17) is 0 Å². The van der Waals surface area contributed by atoms with Gasteiger partial charge < -0.3 is 10.0 Å². The first-order valence-corrected chi connectivity index (χ1v) is 7.00. The van der Waals surface area contributed by atoms with Crippen molar-refractivity contribution in [3.05, 3.63) is 34.4 Å². The van der Waals surface area contributed by atoms with E-state index < -0.39 is 0 Å². The van der Waals surface area contributed by atoms with Crippen LogP contribution in [0.1, 0.15) is 35.1 Å².